The van der Waals surface area contributed by atoms with Gasteiger partial charge in [-0.25, -0.2) is 0 Å². The summed E-state index contributed by atoms with van der Waals surface area (Å²) in [4.78, 5) is 0. The maximum Gasteiger partial charge on any atom is 0.161 e. The van der Waals surface area contributed by atoms with Crippen LogP contribution in [0.5, 0.6) is 11.5 Å². The normalized spacial score (nSPS) is 17.3. The summed E-state index contributed by atoms with van der Waals surface area (Å²) in [6.07, 6.45) is 0. The van der Waals surface area contributed by atoms with E-state index in [4.69, 9.17) is 9.47 Å². The Bertz CT molecular complexity index is 511. The zero-order valence-corrected chi connectivity index (χ0v) is 14.1. The van der Waals surface area contributed by atoms with Crippen molar-refractivity contribution in [1.29, 1.82) is 0 Å². The number of nitrogens with one attached hydrogen (secondary N) is 1. The third-order valence-electron chi connectivity index (χ3n) is 3.49. The van der Waals surface area contributed by atoms with Crippen LogP contribution >= 0.6 is 0 Å². The molecule has 2 atom stereocenters. The van der Waals surface area contributed by atoms with Crippen molar-refractivity contribution in [2.24, 2.45) is 0 Å². The number of hydrogen-bond donors (Lipinski definition) is 1. The molecule has 1 N–H and O–H groups in total. The van der Waals surface area contributed by atoms with E-state index < -0.39 is 10.8 Å². The molecule has 0 bridgehead atoms. The molecule has 1 aromatic carbocycles. The van der Waals surface area contributed by atoms with Crippen molar-refractivity contribution in [1.82, 2.24) is 5.32 Å². The van der Waals surface area contributed by atoms with Gasteiger partial charge < -0.3 is 14.8 Å². The van der Waals surface area contributed by atoms with Gasteiger partial charge in [-0.3, -0.25) is 4.21 Å². The molecule has 1 aliphatic rings. The van der Waals surface area contributed by atoms with Gasteiger partial charge >= 0.3 is 0 Å². The molecule has 0 unspecified atom stereocenters. The van der Waals surface area contributed by atoms with Crippen molar-refractivity contribution >= 4 is 10.8 Å². The van der Waals surface area contributed by atoms with E-state index in [2.05, 4.69) is 12.2 Å². The quantitative estimate of drug-likeness (QED) is 0.908. The predicted octanol–water partition coefficient (Wildman–Crippen LogP) is 2.66. The van der Waals surface area contributed by atoms with Gasteiger partial charge in [0.25, 0.3) is 0 Å². The zero-order valence-electron chi connectivity index (χ0n) is 13.3. The number of benzene rings is 1. The predicted molar refractivity (Wildman–Crippen MR) is 86.6 cm³/mol. The Balaban J connectivity index is 1.89. The van der Waals surface area contributed by atoms with Gasteiger partial charge in [-0.15, -0.1) is 0 Å². The molecule has 0 radical (unpaired) electrons. The van der Waals surface area contributed by atoms with Crippen LogP contribution in [0, 0.1) is 0 Å². The van der Waals surface area contributed by atoms with Crippen LogP contribution in [-0.4, -0.2) is 34.5 Å². The highest BCUT2D eigenvalue weighted by atomic mass is 32.2. The number of rotatable bonds is 5. The molecule has 0 aromatic heterocycles. The van der Waals surface area contributed by atoms with Gasteiger partial charge in [-0.1, -0.05) is 6.07 Å². The Kier molecular flexibility index (Phi) is 5.27. The monoisotopic (exact) mass is 311 g/mol. The van der Waals surface area contributed by atoms with Gasteiger partial charge in [0, 0.05) is 33.9 Å². The van der Waals surface area contributed by atoms with Gasteiger partial charge in [-0.2, -0.15) is 0 Å². The van der Waals surface area contributed by atoms with Crippen LogP contribution in [0.4, 0.5) is 0 Å². The van der Waals surface area contributed by atoms with Crippen LogP contribution in [0.15, 0.2) is 18.2 Å². The summed E-state index contributed by atoms with van der Waals surface area (Å²) in [5.41, 5.74) is 1.15. The smallest absolute Gasteiger partial charge is 0.161 e. The van der Waals surface area contributed by atoms with Crippen LogP contribution in [0.2, 0.25) is 0 Å². The van der Waals surface area contributed by atoms with Gasteiger partial charge in [-0.05, 0) is 45.4 Å². The van der Waals surface area contributed by atoms with E-state index in [-0.39, 0.29) is 10.8 Å². The lowest BCUT2D eigenvalue weighted by Crippen LogP contribution is -2.30. The highest BCUT2D eigenvalue weighted by Gasteiger charge is 2.19. The second-order valence-corrected chi connectivity index (χ2v) is 8.56. The largest absolute Gasteiger partial charge is 0.486 e. The topological polar surface area (TPSA) is 47.6 Å². The lowest BCUT2D eigenvalue weighted by atomic mass is 10.1. The fourth-order valence-corrected chi connectivity index (χ4v) is 3.04. The Morgan fingerprint density at radius 2 is 1.90 bits per heavy atom. The first-order valence-electron chi connectivity index (χ1n) is 7.39. The molecule has 21 heavy (non-hydrogen) atoms. The molecule has 0 amide bonds. The van der Waals surface area contributed by atoms with Gasteiger partial charge in [0.15, 0.2) is 11.5 Å². The molecule has 0 fully saturated rings. The maximum atomic E-state index is 12.0. The second-order valence-electron chi connectivity index (χ2n) is 6.24. The number of hydrogen-bond acceptors (Lipinski definition) is 4. The fourth-order valence-electron chi connectivity index (χ4n) is 2.12. The summed E-state index contributed by atoms with van der Waals surface area (Å²) in [5.74, 6) is 2.29. The second kappa shape index (κ2) is 6.79. The fraction of sp³-hybridized carbons (Fsp3) is 0.625. The Morgan fingerprint density at radius 3 is 2.57 bits per heavy atom. The highest BCUT2D eigenvalue weighted by Crippen LogP contribution is 2.32. The van der Waals surface area contributed by atoms with Crippen LogP contribution in [-0.2, 0) is 10.8 Å². The van der Waals surface area contributed by atoms with Crippen molar-refractivity contribution in [3.8, 4) is 11.5 Å². The zero-order chi connectivity index (χ0) is 15.5. The lowest BCUT2D eigenvalue weighted by molar-refractivity contribution is 0.171. The van der Waals surface area contributed by atoms with E-state index in [9.17, 15) is 4.21 Å². The van der Waals surface area contributed by atoms with E-state index in [1.165, 1.54) is 0 Å². The average Bonchev–Trinajstić information content (AvgIpc) is 2.45. The summed E-state index contributed by atoms with van der Waals surface area (Å²) < 4.78 is 23.0. The van der Waals surface area contributed by atoms with Crippen molar-refractivity contribution < 1.29 is 13.7 Å². The molecule has 0 aliphatic carbocycles. The molecule has 5 heteroatoms. The minimum absolute atomic E-state index is 0.151. The summed E-state index contributed by atoms with van der Waals surface area (Å²) in [6, 6.07) is 6.21. The Morgan fingerprint density at radius 1 is 1.24 bits per heavy atom. The van der Waals surface area contributed by atoms with Gasteiger partial charge in [0.1, 0.15) is 13.2 Å². The molecule has 0 saturated carbocycles. The van der Waals surface area contributed by atoms with E-state index in [1.807, 2.05) is 39.0 Å². The molecule has 118 valence electrons. The number of fused-ring (bicyclic) bond motifs is 1. The molecule has 0 spiro atoms. The maximum absolute atomic E-state index is 12.0. The van der Waals surface area contributed by atoms with Crippen LogP contribution < -0.4 is 14.8 Å². The average molecular weight is 311 g/mol. The third kappa shape index (κ3) is 4.45. The van der Waals surface area contributed by atoms with Gasteiger partial charge in [0.2, 0.25) is 0 Å². The third-order valence-corrected chi connectivity index (χ3v) is 5.43. The van der Waals surface area contributed by atoms with E-state index >= 15 is 0 Å². The van der Waals surface area contributed by atoms with Gasteiger partial charge in [0.05, 0.1) is 0 Å². The summed E-state index contributed by atoms with van der Waals surface area (Å²) in [6.45, 7) is 10.1. The highest BCUT2D eigenvalue weighted by molar-refractivity contribution is 7.86. The molecule has 1 aliphatic heterocycles. The van der Waals surface area contributed by atoms with Crippen molar-refractivity contribution in [2.45, 2.75) is 38.5 Å². The Labute approximate surface area is 129 Å². The molecular formula is C16H25NO3S. The van der Waals surface area contributed by atoms with Crippen molar-refractivity contribution in [2.75, 3.05) is 25.5 Å². The Hall–Kier alpha value is -1.07. The molecule has 4 nitrogen and oxygen atoms in total. The minimum Gasteiger partial charge on any atom is -0.486 e. The molecule has 1 heterocycles. The van der Waals surface area contributed by atoms with E-state index in [0.717, 1.165) is 23.6 Å². The summed E-state index contributed by atoms with van der Waals surface area (Å²) >= 11 is 0. The number of ether oxygens (including phenoxy) is 2. The standard InChI is InChI=1S/C16H25NO3S/c1-12(17-7-10-21(18)16(2,3)4)13-5-6-14-15(11-13)20-9-8-19-14/h5-6,11-12,17H,7-10H2,1-4H3/t12-,21-/m1/s1. The summed E-state index contributed by atoms with van der Waals surface area (Å²) in [5, 5.41) is 3.42. The molecule has 0 saturated heterocycles. The SMILES string of the molecule is C[C@@H](NCC[S@@](=O)C(C)(C)C)c1ccc2c(c1)OCCO2. The first kappa shape index (κ1) is 16.3. The van der Waals surface area contributed by atoms with Crippen molar-refractivity contribution in [3.63, 3.8) is 0 Å². The minimum atomic E-state index is -0.819. The molecular weight excluding hydrogens is 286 g/mol. The lowest BCUT2D eigenvalue weighted by Gasteiger charge is -2.22. The molecule has 1 aromatic rings. The first-order valence-corrected chi connectivity index (χ1v) is 8.71. The van der Waals surface area contributed by atoms with Crippen molar-refractivity contribution in [3.05, 3.63) is 23.8 Å². The summed E-state index contributed by atoms with van der Waals surface area (Å²) in [7, 11) is -0.819. The van der Waals surface area contributed by atoms with Crippen LogP contribution in [0.3, 0.4) is 0 Å². The van der Waals surface area contributed by atoms with E-state index in [0.29, 0.717) is 19.0 Å². The molecule has 2 rings (SSSR count). The van der Waals surface area contributed by atoms with Crippen LogP contribution in [0.25, 0.3) is 0 Å². The van der Waals surface area contributed by atoms with E-state index in [1.54, 1.807) is 0 Å². The van der Waals surface area contributed by atoms with Crippen LogP contribution in [0.1, 0.15) is 39.3 Å². The first-order chi connectivity index (χ1) is 9.88.